The van der Waals surface area contributed by atoms with Crippen LogP contribution >= 0.6 is 31.9 Å². The van der Waals surface area contributed by atoms with Crippen molar-refractivity contribution in [2.75, 3.05) is 0 Å². The van der Waals surface area contributed by atoms with Crippen molar-refractivity contribution in [3.63, 3.8) is 0 Å². The van der Waals surface area contributed by atoms with Crippen LogP contribution in [0.1, 0.15) is 0 Å². The van der Waals surface area contributed by atoms with Gasteiger partial charge in [-0.05, 0) is 0 Å². The number of rotatable bonds is 2. The first-order valence-electron chi connectivity index (χ1n) is 6.25. The van der Waals surface area contributed by atoms with Gasteiger partial charge in [0, 0.05) is 17.6 Å². The molecule has 0 N–H and O–H groups in total. The summed E-state index contributed by atoms with van der Waals surface area (Å²) in [5.74, 6) is 0. The minimum atomic E-state index is -0.566. The predicted molar refractivity (Wildman–Crippen MR) is 96.5 cm³/mol. The topological polar surface area (TPSA) is 0 Å². The molecule has 2 aromatic rings. The summed E-state index contributed by atoms with van der Waals surface area (Å²) in [6, 6.07) is 12.9. The summed E-state index contributed by atoms with van der Waals surface area (Å²) in [5, 5.41) is 3.07. The van der Waals surface area contributed by atoms with E-state index < -0.39 is 17.6 Å². The summed E-state index contributed by atoms with van der Waals surface area (Å²) in [4.78, 5) is 0. The van der Waals surface area contributed by atoms with Gasteiger partial charge in [0.2, 0.25) is 0 Å². The summed E-state index contributed by atoms with van der Waals surface area (Å²) >= 11 is 7.00. The Hall–Kier alpha value is 1.56. The zero-order valence-corrected chi connectivity index (χ0v) is 22.1. The van der Waals surface area contributed by atoms with Crippen LogP contribution in [0.25, 0.3) is 0 Å². The Balaban J connectivity index is -0.000000270. The average Bonchev–Trinajstić information content (AvgIpc) is 2.87. The summed E-state index contributed by atoms with van der Waals surface area (Å²) in [7, 11) is -1.13. The van der Waals surface area contributed by atoms with E-state index in [0.29, 0.717) is 0 Å². The van der Waals surface area contributed by atoms with E-state index in [1.807, 2.05) is 0 Å². The SMILES string of the molecule is C[SiH](C)[c-]1cccc1Br.C[SiH](C)[c-]1cccc1Br.[Cl-].[Cl-].[Zr+4]. The van der Waals surface area contributed by atoms with Crippen molar-refractivity contribution in [1.29, 1.82) is 0 Å². The molecule has 2 rings (SSSR count). The monoisotopic (exact) mass is 562 g/mol. The van der Waals surface area contributed by atoms with Crippen LogP contribution in [0, 0.1) is 0 Å². The standard InChI is InChI=1S/2C7H10BrSi.2ClH.Zr/c2*1-9(2)7-5-3-4-6(7)8;;;/h2*3-5,9H,1-2H3;2*1H;/q2*-1;;;+4/p-2. The molecule has 21 heavy (non-hydrogen) atoms. The molecular formula is C14H20Br2Cl2Si2Zr. The molecule has 0 aromatic heterocycles. The third-order valence-corrected chi connectivity index (χ3v) is 8.62. The van der Waals surface area contributed by atoms with Crippen molar-refractivity contribution < 1.29 is 51.0 Å². The van der Waals surface area contributed by atoms with Gasteiger partial charge in [0.25, 0.3) is 0 Å². The third-order valence-electron chi connectivity index (χ3n) is 2.83. The molecule has 0 unspecified atom stereocenters. The van der Waals surface area contributed by atoms with Gasteiger partial charge < -0.3 is 24.8 Å². The number of halogens is 4. The second kappa shape index (κ2) is 13.9. The Morgan fingerprint density at radius 3 is 1.14 bits per heavy atom. The van der Waals surface area contributed by atoms with Crippen LogP contribution in [0.5, 0.6) is 0 Å². The quantitative estimate of drug-likeness (QED) is 0.285. The Morgan fingerprint density at radius 2 is 1.05 bits per heavy atom. The maximum Gasteiger partial charge on any atom is 4.00 e. The maximum atomic E-state index is 3.50. The molecule has 0 saturated heterocycles. The van der Waals surface area contributed by atoms with Gasteiger partial charge in [0.1, 0.15) is 0 Å². The van der Waals surface area contributed by atoms with E-state index in [-0.39, 0.29) is 51.0 Å². The van der Waals surface area contributed by atoms with Crippen LogP contribution < -0.4 is 35.2 Å². The summed E-state index contributed by atoms with van der Waals surface area (Å²) in [5.41, 5.74) is 0. The molecule has 0 atom stereocenters. The van der Waals surface area contributed by atoms with Gasteiger partial charge in [-0.1, -0.05) is 58.0 Å². The average molecular weight is 566 g/mol. The summed E-state index contributed by atoms with van der Waals surface area (Å²) in [6.45, 7) is 9.33. The zero-order valence-electron chi connectivity index (χ0n) is 12.6. The molecule has 2 aromatic carbocycles. The number of hydrogen-bond acceptors (Lipinski definition) is 0. The molecule has 0 fully saturated rings. The van der Waals surface area contributed by atoms with E-state index >= 15 is 0 Å². The zero-order chi connectivity index (χ0) is 13.7. The minimum absolute atomic E-state index is 0. The van der Waals surface area contributed by atoms with Crippen molar-refractivity contribution in [3.05, 3.63) is 45.3 Å². The van der Waals surface area contributed by atoms with E-state index in [1.165, 1.54) is 19.3 Å². The fourth-order valence-electron chi connectivity index (χ4n) is 1.76. The van der Waals surface area contributed by atoms with Crippen molar-refractivity contribution in [2.45, 2.75) is 26.2 Å². The van der Waals surface area contributed by atoms with Gasteiger partial charge >= 0.3 is 26.2 Å². The van der Waals surface area contributed by atoms with Crippen LogP contribution in [0.4, 0.5) is 0 Å². The molecule has 0 aliphatic carbocycles. The van der Waals surface area contributed by atoms with Crippen LogP contribution in [0.2, 0.25) is 26.2 Å². The maximum absolute atomic E-state index is 3.50. The van der Waals surface area contributed by atoms with Gasteiger partial charge in [-0.2, -0.15) is 34.6 Å². The molecule has 0 radical (unpaired) electrons. The molecule has 0 nitrogen and oxygen atoms in total. The van der Waals surface area contributed by atoms with Gasteiger partial charge in [0.15, 0.2) is 0 Å². The Morgan fingerprint density at radius 1 is 0.762 bits per heavy atom. The molecule has 0 saturated carbocycles. The fourth-order valence-corrected chi connectivity index (χ4v) is 7.36. The van der Waals surface area contributed by atoms with E-state index in [0.717, 1.165) is 0 Å². The molecule has 0 spiro atoms. The van der Waals surface area contributed by atoms with E-state index in [2.05, 4.69) is 94.4 Å². The first-order chi connectivity index (χ1) is 8.43. The van der Waals surface area contributed by atoms with Crippen LogP contribution in [0.3, 0.4) is 0 Å². The summed E-state index contributed by atoms with van der Waals surface area (Å²) < 4.78 is 2.59. The second-order valence-electron chi connectivity index (χ2n) is 4.97. The smallest absolute Gasteiger partial charge is 1.00 e. The molecule has 0 heterocycles. The molecular weight excluding hydrogens is 546 g/mol. The molecule has 0 bridgehead atoms. The molecule has 0 amide bonds. The largest absolute Gasteiger partial charge is 4.00 e. The Labute approximate surface area is 180 Å². The van der Waals surface area contributed by atoms with Gasteiger partial charge in [-0.25, -0.2) is 12.1 Å². The van der Waals surface area contributed by atoms with Crippen molar-refractivity contribution in [3.8, 4) is 0 Å². The van der Waals surface area contributed by atoms with Gasteiger partial charge in [0.05, 0.1) is 0 Å². The number of hydrogen-bond donors (Lipinski definition) is 0. The summed E-state index contributed by atoms with van der Waals surface area (Å²) in [6.07, 6.45) is 0. The normalized spacial score (nSPS) is 9.14. The van der Waals surface area contributed by atoms with Crippen LogP contribution in [0.15, 0.2) is 45.3 Å². The molecule has 116 valence electrons. The minimum Gasteiger partial charge on any atom is -1.00 e. The first kappa shape index (κ1) is 27.4. The third kappa shape index (κ3) is 9.44. The Bertz CT molecular complexity index is 441. The van der Waals surface area contributed by atoms with Crippen LogP contribution in [-0.4, -0.2) is 17.6 Å². The van der Waals surface area contributed by atoms with E-state index in [1.54, 1.807) is 0 Å². The second-order valence-corrected chi connectivity index (χ2v) is 12.5. The van der Waals surface area contributed by atoms with Crippen molar-refractivity contribution in [2.24, 2.45) is 0 Å². The van der Waals surface area contributed by atoms with Crippen molar-refractivity contribution in [1.82, 2.24) is 0 Å². The van der Waals surface area contributed by atoms with Gasteiger partial charge in [-0.3, -0.25) is 0 Å². The molecule has 0 aliphatic rings. The molecule has 0 aliphatic heterocycles. The van der Waals surface area contributed by atoms with Crippen molar-refractivity contribution >= 4 is 59.8 Å². The fraction of sp³-hybridized carbons (Fsp3) is 0.286. The molecule has 7 heteroatoms. The van der Waals surface area contributed by atoms with E-state index in [4.69, 9.17) is 0 Å². The predicted octanol–water partition coefficient (Wildman–Crippen LogP) is -2.27. The van der Waals surface area contributed by atoms with Crippen LogP contribution in [-0.2, 0) is 26.2 Å². The Kier molecular flexibility index (Phi) is 18.2. The van der Waals surface area contributed by atoms with Gasteiger partial charge in [-0.15, -0.1) is 8.95 Å². The first-order valence-corrected chi connectivity index (χ1v) is 13.6. The van der Waals surface area contributed by atoms with E-state index in [9.17, 15) is 0 Å².